The Hall–Kier alpha value is -4.27. The normalized spacial score (nSPS) is 17.3. The number of carbonyl (C=O) groups is 2. The number of hydrogen-bond acceptors (Lipinski definition) is 4. The van der Waals surface area contributed by atoms with Crippen LogP contribution < -0.4 is 20.1 Å². The molecule has 0 aromatic heterocycles. The van der Waals surface area contributed by atoms with Crippen LogP contribution in [0.25, 0.3) is 5.57 Å². The third kappa shape index (κ3) is 7.02. The lowest BCUT2D eigenvalue weighted by Gasteiger charge is -2.37. The van der Waals surface area contributed by atoms with Crippen molar-refractivity contribution in [2.45, 2.75) is 51.9 Å². The summed E-state index contributed by atoms with van der Waals surface area (Å²) in [5.41, 5.74) is 2.52. The average molecular weight is 553 g/mol. The fourth-order valence-electron chi connectivity index (χ4n) is 4.54. The molecule has 0 aliphatic carbocycles. The van der Waals surface area contributed by atoms with Gasteiger partial charge in [-0.05, 0) is 73.4 Å². The van der Waals surface area contributed by atoms with Crippen molar-refractivity contribution in [2.24, 2.45) is 0 Å². The molecule has 6 nitrogen and oxygen atoms in total. The first kappa shape index (κ1) is 28.7. The molecule has 0 radical (unpaired) electrons. The Morgan fingerprint density at radius 1 is 0.975 bits per heavy atom. The highest BCUT2D eigenvalue weighted by atomic mass is 19.4. The number of aryl methyl sites for hydroxylation is 1. The highest BCUT2D eigenvalue weighted by Crippen LogP contribution is 2.39. The smallest absolute Gasteiger partial charge is 0.494 e. The Morgan fingerprint density at radius 2 is 1.60 bits per heavy atom. The zero-order valence-electron chi connectivity index (χ0n) is 22.5. The SMILES string of the molecule is CCCCOc1ccc(C2(C)CC(c3ccc(C)cc3)=C(C(=O)Nc3ccc(OC(F)(F)F)cc3)C(=O)N2)cc1. The van der Waals surface area contributed by atoms with E-state index < -0.39 is 29.5 Å². The first-order chi connectivity index (χ1) is 19.0. The molecule has 3 aromatic carbocycles. The largest absolute Gasteiger partial charge is 0.573 e. The average Bonchev–Trinajstić information content (AvgIpc) is 2.89. The van der Waals surface area contributed by atoms with Gasteiger partial charge < -0.3 is 20.1 Å². The van der Waals surface area contributed by atoms with Crippen molar-refractivity contribution < 1.29 is 32.2 Å². The third-order valence-electron chi connectivity index (χ3n) is 6.68. The minimum absolute atomic E-state index is 0.0588. The second-order valence-electron chi connectivity index (χ2n) is 9.94. The predicted molar refractivity (Wildman–Crippen MR) is 147 cm³/mol. The summed E-state index contributed by atoms with van der Waals surface area (Å²) in [5, 5.41) is 5.63. The monoisotopic (exact) mass is 552 g/mol. The summed E-state index contributed by atoms with van der Waals surface area (Å²) in [6.45, 7) is 6.57. The Kier molecular flexibility index (Phi) is 8.52. The third-order valence-corrected chi connectivity index (χ3v) is 6.68. The van der Waals surface area contributed by atoms with E-state index in [-0.39, 0.29) is 11.3 Å². The van der Waals surface area contributed by atoms with Crippen LogP contribution in [0.15, 0.2) is 78.4 Å². The van der Waals surface area contributed by atoms with E-state index in [2.05, 4.69) is 22.3 Å². The zero-order chi connectivity index (χ0) is 28.9. The molecule has 2 amide bonds. The van der Waals surface area contributed by atoms with Crippen molar-refractivity contribution in [1.82, 2.24) is 5.32 Å². The number of ether oxygens (including phenoxy) is 2. The number of unbranched alkanes of at least 4 members (excludes halogenated alkanes) is 1. The lowest BCUT2D eigenvalue weighted by Crippen LogP contribution is -2.49. The summed E-state index contributed by atoms with van der Waals surface area (Å²) in [7, 11) is 0. The maximum atomic E-state index is 13.5. The van der Waals surface area contributed by atoms with Gasteiger partial charge in [-0.2, -0.15) is 0 Å². The molecule has 1 unspecified atom stereocenters. The van der Waals surface area contributed by atoms with Crippen molar-refractivity contribution in [1.29, 1.82) is 0 Å². The molecule has 1 heterocycles. The quantitative estimate of drug-likeness (QED) is 0.224. The topological polar surface area (TPSA) is 76.7 Å². The van der Waals surface area contributed by atoms with Crippen LogP contribution in [0.2, 0.25) is 0 Å². The summed E-state index contributed by atoms with van der Waals surface area (Å²) < 4.78 is 47.1. The van der Waals surface area contributed by atoms with E-state index in [1.807, 2.05) is 62.4 Å². The maximum Gasteiger partial charge on any atom is 0.573 e. The number of carbonyl (C=O) groups excluding carboxylic acids is 2. The lowest BCUT2D eigenvalue weighted by atomic mass is 9.78. The van der Waals surface area contributed by atoms with Gasteiger partial charge >= 0.3 is 6.36 Å². The Morgan fingerprint density at radius 3 is 2.20 bits per heavy atom. The number of rotatable bonds is 9. The molecule has 40 heavy (non-hydrogen) atoms. The second kappa shape index (κ2) is 11.9. The van der Waals surface area contributed by atoms with Crippen LogP contribution in [0.5, 0.6) is 11.5 Å². The highest BCUT2D eigenvalue weighted by Gasteiger charge is 2.40. The molecule has 210 valence electrons. The van der Waals surface area contributed by atoms with Crippen LogP contribution in [0.3, 0.4) is 0 Å². The Labute approximate surface area is 231 Å². The summed E-state index contributed by atoms with van der Waals surface area (Å²) in [6.07, 6.45) is -2.51. The van der Waals surface area contributed by atoms with Crippen molar-refractivity contribution in [2.75, 3.05) is 11.9 Å². The van der Waals surface area contributed by atoms with E-state index in [1.54, 1.807) is 0 Å². The first-order valence-electron chi connectivity index (χ1n) is 13.0. The van der Waals surface area contributed by atoms with Gasteiger partial charge in [0.2, 0.25) is 0 Å². The van der Waals surface area contributed by atoms with Gasteiger partial charge in [0.1, 0.15) is 17.1 Å². The molecule has 9 heteroatoms. The summed E-state index contributed by atoms with van der Waals surface area (Å²) in [5.74, 6) is -0.900. The van der Waals surface area contributed by atoms with Crippen molar-refractivity contribution in [3.05, 3.63) is 95.1 Å². The number of amides is 2. The molecule has 0 saturated heterocycles. The van der Waals surface area contributed by atoms with Gasteiger partial charge in [-0.3, -0.25) is 9.59 Å². The Bertz CT molecular complexity index is 1380. The number of alkyl halides is 3. The Balaban J connectivity index is 1.63. The minimum Gasteiger partial charge on any atom is -0.494 e. The second-order valence-corrected chi connectivity index (χ2v) is 9.94. The fraction of sp³-hybridized carbons (Fsp3) is 0.290. The molecule has 1 aliphatic heterocycles. The minimum atomic E-state index is -4.83. The van der Waals surface area contributed by atoms with E-state index in [0.29, 0.717) is 18.6 Å². The molecule has 4 rings (SSSR count). The molecular formula is C31H31F3N2O4. The molecule has 3 aromatic rings. The van der Waals surface area contributed by atoms with Gasteiger partial charge in [0.25, 0.3) is 11.8 Å². The molecule has 0 spiro atoms. The molecular weight excluding hydrogens is 521 g/mol. The van der Waals surface area contributed by atoms with Crippen LogP contribution in [0, 0.1) is 6.92 Å². The predicted octanol–water partition coefficient (Wildman–Crippen LogP) is 6.90. The fourth-order valence-corrected chi connectivity index (χ4v) is 4.54. The van der Waals surface area contributed by atoms with Crippen LogP contribution in [0.1, 0.15) is 49.8 Å². The molecule has 0 saturated carbocycles. The van der Waals surface area contributed by atoms with Gasteiger partial charge in [0, 0.05) is 12.1 Å². The highest BCUT2D eigenvalue weighted by molar-refractivity contribution is 6.28. The molecule has 1 atom stereocenters. The van der Waals surface area contributed by atoms with Crippen LogP contribution >= 0.6 is 0 Å². The summed E-state index contributed by atoms with van der Waals surface area (Å²) in [6, 6.07) is 19.8. The van der Waals surface area contributed by atoms with Gasteiger partial charge in [-0.1, -0.05) is 55.3 Å². The number of halogens is 3. The van der Waals surface area contributed by atoms with Crippen LogP contribution in [-0.2, 0) is 15.1 Å². The van der Waals surface area contributed by atoms with Crippen LogP contribution in [-0.4, -0.2) is 24.8 Å². The number of nitrogens with one attached hydrogen (secondary N) is 2. The number of anilines is 1. The number of benzene rings is 3. The summed E-state index contributed by atoms with van der Waals surface area (Å²) >= 11 is 0. The molecule has 0 bridgehead atoms. The zero-order valence-corrected chi connectivity index (χ0v) is 22.5. The molecule has 0 fully saturated rings. The maximum absolute atomic E-state index is 13.5. The van der Waals surface area contributed by atoms with Gasteiger partial charge in [0.15, 0.2) is 0 Å². The van der Waals surface area contributed by atoms with Gasteiger partial charge in [-0.15, -0.1) is 13.2 Å². The lowest BCUT2D eigenvalue weighted by molar-refractivity contribution is -0.274. The van der Waals surface area contributed by atoms with E-state index in [1.165, 1.54) is 12.1 Å². The van der Waals surface area contributed by atoms with E-state index in [4.69, 9.17) is 4.74 Å². The number of hydrogen-bond donors (Lipinski definition) is 2. The van der Waals surface area contributed by atoms with Crippen molar-refractivity contribution in [3.8, 4) is 11.5 Å². The summed E-state index contributed by atoms with van der Waals surface area (Å²) in [4.78, 5) is 26.9. The first-order valence-corrected chi connectivity index (χ1v) is 13.0. The van der Waals surface area contributed by atoms with E-state index >= 15 is 0 Å². The van der Waals surface area contributed by atoms with Crippen LogP contribution in [0.4, 0.5) is 18.9 Å². The van der Waals surface area contributed by atoms with Gasteiger partial charge in [-0.25, -0.2) is 0 Å². The molecule has 1 aliphatic rings. The van der Waals surface area contributed by atoms with E-state index in [9.17, 15) is 22.8 Å². The van der Waals surface area contributed by atoms with E-state index in [0.717, 1.165) is 47.4 Å². The standard InChI is InChI=1S/C31H31F3N2O4/c1-4-5-18-39-24-14-10-22(11-15-24)30(3)19-26(21-8-6-20(2)7-9-21)27(29(38)36-30)28(37)35-23-12-16-25(17-13-23)40-31(32,33)34/h6-17H,4-5,18-19H2,1-3H3,(H,35,37)(H,36,38). The molecule has 2 N–H and O–H groups in total. The van der Waals surface area contributed by atoms with Crippen molar-refractivity contribution in [3.63, 3.8) is 0 Å². The van der Waals surface area contributed by atoms with Gasteiger partial charge in [0.05, 0.1) is 12.1 Å². The van der Waals surface area contributed by atoms with Crippen molar-refractivity contribution >= 4 is 23.1 Å².